The Balaban J connectivity index is 2.49. The number of aliphatic imine (C=N–C) groups is 1. The summed E-state index contributed by atoms with van der Waals surface area (Å²) in [5.74, 6) is 0. The van der Waals surface area contributed by atoms with Crippen molar-refractivity contribution in [2.45, 2.75) is 13.3 Å². The molecule has 0 amide bonds. The van der Waals surface area contributed by atoms with Crippen LogP contribution in [0, 0.1) is 6.92 Å². The predicted octanol–water partition coefficient (Wildman–Crippen LogP) is 1.69. The summed E-state index contributed by atoms with van der Waals surface area (Å²) in [4.78, 5) is 8.04. The van der Waals surface area contributed by atoms with Gasteiger partial charge in [-0.3, -0.25) is 0 Å². The average molecular weight is 154 g/mol. The van der Waals surface area contributed by atoms with E-state index in [0.717, 1.165) is 23.7 Å². The number of nitrogens with zero attached hydrogens (tertiary/aromatic N) is 2. The molecule has 1 aromatic heterocycles. The molecule has 54 valence electrons. The number of rotatable bonds is 3. The molecule has 0 aliphatic carbocycles. The molecule has 0 unspecified atom stereocenters. The molecule has 0 aromatic carbocycles. The van der Waals surface area contributed by atoms with Crippen LogP contribution in [0.1, 0.15) is 10.7 Å². The molecular formula is C7H10N2S. The molecule has 0 spiro atoms. The van der Waals surface area contributed by atoms with Gasteiger partial charge in [-0.05, 0) is 13.6 Å². The Bertz CT molecular complexity index is 217. The molecule has 0 N–H and O–H groups in total. The van der Waals surface area contributed by atoms with Crippen LogP contribution in [0.2, 0.25) is 0 Å². The summed E-state index contributed by atoms with van der Waals surface area (Å²) in [6.45, 7) is 6.20. The van der Waals surface area contributed by atoms with Crippen LogP contribution in [0.4, 0.5) is 0 Å². The van der Waals surface area contributed by atoms with Crippen LogP contribution in [0.3, 0.4) is 0 Å². The Labute approximate surface area is 64.6 Å². The first-order valence-corrected chi connectivity index (χ1v) is 4.04. The zero-order chi connectivity index (χ0) is 7.40. The van der Waals surface area contributed by atoms with E-state index in [1.807, 2.05) is 6.92 Å². The van der Waals surface area contributed by atoms with E-state index >= 15 is 0 Å². The van der Waals surface area contributed by atoms with Crippen molar-refractivity contribution in [1.29, 1.82) is 0 Å². The minimum Gasteiger partial charge on any atom is -0.301 e. The van der Waals surface area contributed by atoms with Gasteiger partial charge in [0.25, 0.3) is 0 Å². The second kappa shape index (κ2) is 3.46. The summed E-state index contributed by atoms with van der Waals surface area (Å²) in [6.07, 6.45) is 0.933. The van der Waals surface area contributed by atoms with Gasteiger partial charge in [-0.25, -0.2) is 4.98 Å². The molecule has 0 saturated carbocycles. The zero-order valence-electron chi connectivity index (χ0n) is 6.00. The van der Waals surface area contributed by atoms with Crippen LogP contribution in [-0.4, -0.2) is 18.2 Å². The van der Waals surface area contributed by atoms with Crippen LogP contribution in [0.5, 0.6) is 0 Å². The summed E-state index contributed by atoms with van der Waals surface area (Å²) in [5.41, 5.74) is 1.10. The third kappa shape index (κ3) is 1.92. The third-order valence-corrected chi connectivity index (χ3v) is 2.18. The summed E-state index contributed by atoms with van der Waals surface area (Å²) < 4.78 is 0. The average Bonchev–Trinajstić information content (AvgIpc) is 2.31. The van der Waals surface area contributed by atoms with E-state index in [9.17, 15) is 0 Å². The fourth-order valence-electron chi connectivity index (χ4n) is 0.692. The largest absolute Gasteiger partial charge is 0.301 e. The second-order valence-electron chi connectivity index (χ2n) is 2.08. The Hall–Kier alpha value is -0.700. The highest BCUT2D eigenvalue weighted by molar-refractivity contribution is 7.09. The van der Waals surface area contributed by atoms with E-state index < -0.39 is 0 Å². The fourth-order valence-corrected chi connectivity index (χ4v) is 1.46. The van der Waals surface area contributed by atoms with Gasteiger partial charge in [0, 0.05) is 24.0 Å². The molecule has 1 aromatic rings. The first kappa shape index (κ1) is 7.41. The highest BCUT2D eigenvalue weighted by Crippen LogP contribution is 2.08. The molecule has 2 nitrogen and oxygen atoms in total. The van der Waals surface area contributed by atoms with Crippen molar-refractivity contribution in [3.05, 3.63) is 16.1 Å². The fraction of sp³-hybridized carbons (Fsp3) is 0.429. The molecule has 0 radical (unpaired) electrons. The number of hydrogen-bond donors (Lipinski definition) is 0. The topological polar surface area (TPSA) is 25.2 Å². The molecule has 0 fully saturated rings. The lowest BCUT2D eigenvalue weighted by Gasteiger charge is -1.87. The van der Waals surface area contributed by atoms with E-state index in [1.165, 1.54) is 0 Å². The maximum Gasteiger partial charge on any atom is 0.0946 e. The monoisotopic (exact) mass is 154 g/mol. The Morgan fingerprint density at radius 1 is 1.80 bits per heavy atom. The summed E-state index contributed by atoms with van der Waals surface area (Å²) >= 11 is 1.69. The zero-order valence-corrected chi connectivity index (χ0v) is 6.82. The van der Waals surface area contributed by atoms with Crippen molar-refractivity contribution in [1.82, 2.24) is 4.98 Å². The van der Waals surface area contributed by atoms with Crippen molar-refractivity contribution in [3.63, 3.8) is 0 Å². The Kier molecular flexibility index (Phi) is 2.57. The number of thiazole rings is 1. The lowest BCUT2D eigenvalue weighted by atomic mass is 10.4. The molecular weight excluding hydrogens is 144 g/mol. The van der Waals surface area contributed by atoms with E-state index in [1.54, 1.807) is 11.3 Å². The molecule has 10 heavy (non-hydrogen) atoms. The molecule has 0 saturated heterocycles. The molecule has 0 bridgehead atoms. The minimum atomic E-state index is 0.785. The van der Waals surface area contributed by atoms with Crippen LogP contribution in [0.25, 0.3) is 0 Å². The predicted molar refractivity (Wildman–Crippen MR) is 45.0 cm³/mol. The van der Waals surface area contributed by atoms with Crippen molar-refractivity contribution < 1.29 is 0 Å². The molecule has 0 atom stereocenters. The third-order valence-electron chi connectivity index (χ3n) is 1.15. The van der Waals surface area contributed by atoms with Gasteiger partial charge < -0.3 is 4.99 Å². The van der Waals surface area contributed by atoms with E-state index in [4.69, 9.17) is 0 Å². The van der Waals surface area contributed by atoms with Crippen LogP contribution in [-0.2, 0) is 6.42 Å². The van der Waals surface area contributed by atoms with Gasteiger partial charge in [-0.2, -0.15) is 0 Å². The second-order valence-corrected chi connectivity index (χ2v) is 3.02. The van der Waals surface area contributed by atoms with E-state index in [0.29, 0.717) is 0 Å². The Morgan fingerprint density at radius 2 is 2.60 bits per heavy atom. The van der Waals surface area contributed by atoms with Crippen LogP contribution < -0.4 is 0 Å². The van der Waals surface area contributed by atoms with Gasteiger partial charge in [-0.15, -0.1) is 11.3 Å². The molecule has 1 rings (SSSR count). The van der Waals surface area contributed by atoms with Gasteiger partial charge >= 0.3 is 0 Å². The molecule has 0 aliphatic heterocycles. The normalized spacial score (nSPS) is 9.70. The summed E-state index contributed by atoms with van der Waals surface area (Å²) in [7, 11) is 0. The minimum absolute atomic E-state index is 0.785. The lowest BCUT2D eigenvalue weighted by molar-refractivity contribution is 0.952. The smallest absolute Gasteiger partial charge is 0.0946 e. The standard InChI is InChI=1S/C7H10N2S/c1-6-5-10-7(9-6)3-4-8-2/h5H,2-4H2,1H3. The van der Waals surface area contributed by atoms with Gasteiger partial charge in [0.05, 0.1) is 5.01 Å². The lowest BCUT2D eigenvalue weighted by Crippen LogP contribution is -1.86. The van der Waals surface area contributed by atoms with Crippen LogP contribution in [0.15, 0.2) is 10.4 Å². The number of aromatic nitrogens is 1. The van der Waals surface area contributed by atoms with Crippen molar-refractivity contribution in [2.75, 3.05) is 6.54 Å². The molecule has 0 aliphatic rings. The molecule has 3 heteroatoms. The summed E-state index contributed by atoms with van der Waals surface area (Å²) in [5, 5.41) is 3.21. The first-order valence-electron chi connectivity index (χ1n) is 3.16. The maximum atomic E-state index is 4.28. The van der Waals surface area contributed by atoms with Crippen molar-refractivity contribution >= 4 is 18.1 Å². The SMILES string of the molecule is C=NCCc1nc(C)cs1. The Morgan fingerprint density at radius 3 is 3.10 bits per heavy atom. The van der Waals surface area contributed by atoms with Gasteiger partial charge in [0.2, 0.25) is 0 Å². The molecule has 1 heterocycles. The van der Waals surface area contributed by atoms with Gasteiger partial charge in [0.15, 0.2) is 0 Å². The van der Waals surface area contributed by atoms with Gasteiger partial charge in [0.1, 0.15) is 0 Å². The summed E-state index contributed by atoms with van der Waals surface area (Å²) in [6, 6.07) is 0. The highest BCUT2D eigenvalue weighted by Gasteiger charge is 1.95. The van der Waals surface area contributed by atoms with E-state index in [2.05, 4.69) is 22.1 Å². The quantitative estimate of drug-likeness (QED) is 0.608. The first-order chi connectivity index (χ1) is 4.83. The van der Waals surface area contributed by atoms with Crippen molar-refractivity contribution in [2.24, 2.45) is 4.99 Å². The highest BCUT2D eigenvalue weighted by atomic mass is 32.1. The van der Waals surface area contributed by atoms with Gasteiger partial charge in [-0.1, -0.05) is 0 Å². The maximum absolute atomic E-state index is 4.28. The van der Waals surface area contributed by atoms with E-state index in [-0.39, 0.29) is 0 Å². The van der Waals surface area contributed by atoms with Crippen LogP contribution >= 0.6 is 11.3 Å². The number of aryl methyl sites for hydroxylation is 1. The van der Waals surface area contributed by atoms with Crippen molar-refractivity contribution in [3.8, 4) is 0 Å². The number of hydrogen-bond acceptors (Lipinski definition) is 3.